The molecule has 0 saturated carbocycles. The van der Waals surface area contributed by atoms with Crippen molar-refractivity contribution in [2.75, 3.05) is 11.9 Å². The fourth-order valence-electron chi connectivity index (χ4n) is 2.78. The van der Waals surface area contributed by atoms with Crippen LogP contribution in [0.3, 0.4) is 0 Å². The van der Waals surface area contributed by atoms with Crippen LogP contribution in [-0.4, -0.2) is 27.4 Å². The number of amides is 1. The Morgan fingerprint density at radius 1 is 1.10 bits per heavy atom. The summed E-state index contributed by atoms with van der Waals surface area (Å²) in [6, 6.07) is 15.4. The minimum absolute atomic E-state index is 0.0477. The molecule has 0 atom stereocenters. The highest BCUT2D eigenvalue weighted by atomic mass is 32.1. The number of carbonyl (C=O) groups excluding carboxylic acids is 1. The average Bonchev–Trinajstić information content (AvgIpc) is 3.18. The van der Waals surface area contributed by atoms with E-state index in [0.717, 1.165) is 21.3 Å². The van der Waals surface area contributed by atoms with Gasteiger partial charge in [0.25, 0.3) is 11.6 Å². The van der Waals surface area contributed by atoms with Crippen molar-refractivity contribution in [1.29, 1.82) is 0 Å². The Hall–Kier alpha value is -3.85. The first-order chi connectivity index (χ1) is 14.1. The largest absolute Gasteiger partial charge is 0.467 e. The van der Waals surface area contributed by atoms with Gasteiger partial charge in [-0.1, -0.05) is 30.3 Å². The number of ether oxygens (including phenoxy) is 1. The van der Waals surface area contributed by atoms with E-state index < -0.39 is 10.8 Å². The summed E-state index contributed by atoms with van der Waals surface area (Å²) < 4.78 is 5.67. The number of hydrogen-bond donors (Lipinski definition) is 1. The molecule has 9 heteroatoms. The maximum absolute atomic E-state index is 12.2. The van der Waals surface area contributed by atoms with Crippen molar-refractivity contribution in [3.63, 3.8) is 0 Å². The number of fused-ring (bicyclic) bond motifs is 1. The predicted molar refractivity (Wildman–Crippen MR) is 110 cm³/mol. The van der Waals surface area contributed by atoms with Crippen molar-refractivity contribution in [3.8, 4) is 17.0 Å². The quantitative estimate of drug-likeness (QED) is 0.378. The third kappa shape index (κ3) is 4.04. The van der Waals surface area contributed by atoms with Crippen LogP contribution in [0.1, 0.15) is 0 Å². The number of nitrogens with one attached hydrogen (secondary N) is 1. The van der Waals surface area contributed by atoms with Crippen LogP contribution in [0.25, 0.3) is 21.3 Å². The van der Waals surface area contributed by atoms with E-state index in [4.69, 9.17) is 4.74 Å². The Bertz CT molecular complexity index is 1180. The predicted octanol–water partition coefficient (Wildman–Crippen LogP) is 4.28. The van der Waals surface area contributed by atoms with Gasteiger partial charge in [0.15, 0.2) is 6.61 Å². The maximum Gasteiger partial charge on any atom is 0.269 e. The molecule has 144 valence electrons. The first-order valence-corrected chi connectivity index (χ1v) is 9.44. The van der Waals surface area contributed by atoms with Crippen LogP contribution in [-0.2, 0) is 4.79 Å². The zero-order valence-electron chi connectivity index (χ0n) is 14.9. The number of nitro groups is 1. The van der Waals surface area contributed by atoms with Gasteiger partial charge in [0.2, 0.25) is 5.88 Å². The van der Waals surface area contributed by atoms with Crippen molar-refractivity contribution in [3.05, 3.63) is 76.4 Å². The highest BCUT2D eigenvalue weighted by Crippen LogP contribution is 2.37. The molecule has 1 amide bonds. The maximum atomic E-state index is 12.2. The van der Waals surface area contributed by atoms with Gasteiger partial charge in [-0.25, -0.2) is 9.97 Å². The van der Waals surface area contributed by atoms with E-state index in [1.807, 2.05) is 35.7 Å². The molecule has 0 spiro atoms. The van der Waals surface area contributed by atoms with E-state index >= 15 is 0 Å². The topological polar surface area (TPSA) is 107 Å². The summed E-state index contributed by atoms with van der Waals surface area (Å²) in [7, 11) is 0. The molecule has 0 unspecified atom stereocenters. The number of nitrogens with zero attached hydrogens (tertiary/aromatic N) is 3. The molecule has 2 heterocycles. The third-order valence-electron chi connectivity index (χ3n) is 4.12. The number of non-ortho nitro benzene ring substituents is 1. The average molecular weight is 406 g/mol. The summed E-state index contributed by atoms with van der Waals surface area (Å²) in [6.07, 6.45) is 1.40. The second kappa shape index (κ2) is 8.03. The van der Waals surface area contributed by atoms with Crippen molar-refractivity contribution in [2.24, 2.45) is 0 Å². The molecule has 0 aliphatic rings. The molecule has 29 heavy (non-hydrogen) atoms. The summed E-state index contributed by atoms with van der Waals surface area (Å²) >= 11 is 1.48. The molecule has 0 aliphatic heterocycles. The normalized spacial score (nSPS) is 10.6. The van der Waals surface area contributed by atoms with Gasteiger partial charge in [0, 0.05) is 28.8 Å². The number of aromatic nitrogens is 2. The van der Waals surface area contributed by atoms with Crippen molar-refractivity contribution >= 4 is 38.8 Å². The van der Waals surface area contributed by atoms with Crippen LogP contribution >= 0.6 is 11.3 Å². The Morgan fingerprint density at radius 2 is 1.86 bits per heavy atom. The number of nitro benzene ring substituents is 1. The summed E-state index contributed by atoms with van der Waals surface area (Å²) in [5.41, 5.74) is 2.34. The van der Waals surface area contributed by atoms with Gasteiger partial charge >= 0.3 is 0 Å². The molecular formula is C20H14N4O4S. The van der Waals surface area contributed by atoms with Crippen LogP contribution in [0.4, 0.5) is 11.4 Å². The van der Waals surface area contributed by atoms with Crippen molar-refractivity contribution in [2.45, 2.75) is 0 Å². The molecular weight excluding hydrogens is 392 g/mol. The lowest BCUT2D eigenvalue weighted by atomic mass is 10.1. The van der Waals surface area contributed by atoms with Gasteiger partial charge in [0.05, 0.1) is 10.3 Å². The lowest BCUT2D eigenvalue weighted by molar-refractivity contribution is -0.384. The highest BCUT2D eigenvalue weighted by molar-refractivity contribution is 7.17. The second-order valence-corrected chi connectivity index (χ2v) is 6.87. The highest BCUT2D eigenvalue weighted by Gasteiger charge is 2.15. The number of thiophene rings is 1. The van der Waals surface area contributed by atoms with Gasteiger partial charge in [-0.15, -0.1) is 11.3 Å². The monoisotopic (exact) mass is 406 g/mol. The van der Waals surface area contributed by atoms with Crippen LogP contribution in [0, 0.1) is 10.1 Å². The molecule has 0 radical (unpaired) electrons. The van der Waals surface area contributed by atoms with E-state index in [0.29, 0.717) is 11.6 Å². The molecule has 8 nitrogen and oxygen atoms in total. The first kappa shape index (κ1) is 18.5. The standard InChI is InChI=1S/C20H14N4O4S/c25-17(23-14-6-8-15(9-7-14)24(26)27)10-28-19-18-16(13-4-2-1-3-5-13)11-29-20(18)22-12-21-19/h1-9,11-12H,10H2,(H,23,25). The van der Waals surface area contributed by atoms with Gasteiger partial charge in [-0.3, -0.25) is 14.9 Å². The molecule has 4 aromatic rings. The molecule has 0 fully saturated rings. The van der Waals surface area contributed by atoms with Crippen LogP contribution in [0.2, 0.25) is 0 Å². The number of carbonyl (C=O) groups is 1. The van der Waals surface area contributed by atoms with E-state index in [-0.39, 0.29) is 12.3 Å². The second-order valence-electron chi connectivity index (χ2n) is 6.02. The Labute approximate surface area is 169 Å². The van der Waals surface area contributed by atoms with Gasteiger partial charge in [-0.05, 0) is 17.7 Å². The SMILES string of the molecule is O=C(COc1ncnc2scc(-c3ccccc3)c12)Nc1ccc([N+](=O)[O-])cc1. The van der Waals surface area contributed by atoms with E-state index in [1.54, 1.807) is 0 Å². The Kier molecular flexibility index (Phi) is 5.12. The third-order valence-corrected chi connectivity index (χ3v) is 5.01. The van der Waals surface area contributed by atoms with Gasteiger partial charge in [-0.2, -0.15) is 0 Å². The lowest BCUT2D eigenvalue weighted by Crippen LogP contribution is -2.20. The van der Waals surface area contributed by atoms with Crippen molar-refractivity contribution < 1.29 is 14.5 Å². The molecule has 0 bridgehead atoms. The van der Waals surface area contributed by atoms with Crippen molar-refractivity contribution in [1.82, 2.24) is 9.97 Å². The van der Waals surface area contributed by atoms with Crippen LogP contribution in [0.15, 0.2) is 66.3 Å². The fraction of sp³-hybridized carbons (Fsp3) is 0.0500. The molecule has 0 saturated heterocycles. The first-order valence-electron chi connectivity index (χ1n) is 8.56. The van der Waals surface area contributed by atoms with Crippen LogP contribution < -0.4 is 10.1 Å². The zero-order valence-corrected chi connectivity index (χ0v) is 15.8. The summed E-state index contributed by atoms with van der Waals surface area (Å²) in [5.74, 6) is -0.0731. The molecule has 2 aromatic carbocycles. The number of rotatable bonds is 6. The molecule has 1 N–H and O–H groups in total. The Balaban J connectivity index is 1.50. The van der Waals surface area contributed by atoms with Crippen LogP contribution in [0.5, 0.6) is 5.88 Å². The Morgan fingerprint density at radius 3 is 2.59 bits per heavy atom. The minimum Gasteiger partial charge on any atom is -0.467 e. The fourth-order valence-corrected chi connectivity index (χ4v) is 3.69. The van der Waals surface area contributed by atoms with E-state index in [2.05, 4.69) is 15.3 Å². The molecule has 0 aliphatic carbocycles. The summed E-state index contributed by atoms with van der Waals surface area (Å²) in [5, 5.41) is 16.1. The summed E-state index contributed by atoms with van der Waals surface area (Å²) in [4.78, 5) is 31.7. The number of benzene rings is 2. The minimum atomic E-state index is -0.500. The number of hydrogen-bond acceptors (Lipinski definition) is 7. The zero-order chi connectivity index (χ0) is 20.2. The molecule has 2 aromatic heterocycles. The molecule has 4 rings (SSSR count). The van der Waals surface area contributed by atoms with E-state index in [1.165, 1.54) is 41.9 Å². The summed E-state index contributed by atoms with van der Waals surface area (Å²) in [6.45, 7) is -0.257. The lowest BCUT2D eigenvalue weighted by Gasteiger charge is -2.08. The smallest absolute Gasteiger partial charge is 0.269 e. The number of anilines is 1. The van der Waals surface area contributed by atoms with Gasteiger partial charge in [0.1, 0.15) is 11.2 Å². The van der Waals surface area contributed by atoms with E-state index in [9.17, 15) is 14.9 Å². The van der Waals surface area contributed by atoms with Gasteiger partial charge < -0.3 is 10.1 Å².